The lowest BCUT2D eigenvalue weighted by Crippen LogP contribution is -2.39. The smallest absolute Gasteiger partial charge is 0.338 e. The van der Waals surface area contributed by atoms with Gasteiger partial charge in [-0.2, -0.15) is 0 Å². The summed E-state index contributed by atoms with van der Waals surface area (Å²) in [5.41, 5.74) is 3.64. The predicted molar refractivity (Wildman–Crippen MR) is 176 cm³/mol. The van der Waals surface area contributed by atoms with Crippen molar-refractivity contribution in [1.82, 2.24) is 4.57 Å². The summed E-state index contributed by atoms with van der Waals surface area (Å²) in [6.45, 7) is 2.26. The quantitative estimate of drug-likeness (QED) is 0.181. The molecule has 0 amide bonds. The summed E-state index contributed by atoms with van der Waals surface area (Å²) in [5.74, 6) is 0.332. The summed E-state index contributed by atoms with van der Waals surface area (Å²) in [5, 5.41) is 0.349. The maximum atomic E-state index is 14.2. The van der Waals surface area contributed by atoms with Crippen molar-refractivity contribution in [2.45, 2.75) is 19.6 Å². The molecule has 0 N–H and O–H groups in total. The largest absolute Gasteiger partial charge is 0.493 e. The molecule has 0 fully saturated rings. The van der Waals surface area contributed by atoms with Gasteiger partial charge in [0.2, 0.25) is 0 Å². The van der Waals surface area contributed by atoms with Gasteiger partial charge in [-0.1, -0.05) is 114 Å². The van der Waals surface area contributed by atoms with Gasteiger partial charge < -0.3 is 14.2 Å². The molecule has 2 heterocycles. The van der Waals surface area contributed by atoms with Crippen LogP contribution in [0.3, 0.4) is 0 Å². The summed E-state index contributed by atoms with van der Waals surface area (Å²) in [6, 6.07) is 31.4. The summed E-state index contributed by atoms with van der Waals surface area (Å²) in [4.78, 5) is 33.1. The summed E-state index contributed by atoms with van der Waals surface area (Å²) >= 11 is 7.92. The van der Waals surface area contributed by atoms with E-state index in [1.165, 1.54) is 11.3 Å². The number of methoxy groups -OCH3 is 1. The first-order valence-electron chi connectivity index (χ1n) is 14.4. The third kappa shape index (κ3) is 6.20. The van der Waals surface area contributed by atoms with Crippen molar-refractivity contribution in [3.8, 4) is 11.5 Å². The zero-order chi connectivity index (χ0) is 31.3. The molecule has 5 aromatic rings. The number of carbonyl (C=O) groups excluding carboxylic acids is 1. The third-order valence-corrected chi connectivity index (χ3v) is 8.53. The fourth-order valence-electron chi connectivity index (χ4n) is 5.24. The van der Waals surface area contributed by atoms with Crippen LogP contribution in [0, 0.1) is 0 Å². The normalized spacial score (nSPS) is 14.5. The molecule has 0 aliphatic carbocycles. The van der Waals surface area contributed by atoms with Crippen molar-refractivity contribution in [3.05, 3.63) is 156 Å². The molecule has 45 heavy (non-hydrogen) atoms. The Morgan fingerprint density at radius 2 is 1.64 bits per heavy atom. The molecule has 1 atom stereocenters. The highest BCUT2D eigenvalue weighted by molar-refractivity contribution is 7.07. The van der Waals surface area contributed by atoms with Gasteiger partial charge in [-0.25, -0.2) is 9.79 Å². The van der Waals surface area contributed by atoms with Gasteiger partial charge in [0.05, 0.1) is 40.6 Å². The molecule has 1 aliphatic rings. The fourth-order valence-corrected chi connectivity index (χ4v) is 6.51. The molecule has 1 aromatic heterocycles. The van der Waals surface area contributed by atoms with Crippen molar-refractivity contribution in [1.29, 1.82) is 0 Å². The number of rotatable bonds is 9. The molecule has 0 bridgehead atoms. The molecule has 4 aromatic carbocycles. The van der Waals surface area contributed by atoms with Crippen LogP contribution in [0.25, 0.3) is 11.8 Å². The van der Waals surface area contributed by atoms with E-state index in [-0.39, 0.29) is 12.2 Å². The average Bonchev–Trinajstić information content (AvgIpc) is 3.38. The van der Waals surface area contributed by atoms with E-state index in [1.807, 2.05) is 91.0 Å². The SMILES string of the molecule is CCOC(=O)C1=C(c2ccccc2)N=c2s/c(=C\c3cc(Cl)c(OCc4ccccc4)c(OC)c3)c(=O)n2[C@@H]1c1ccccc1. The van der Waals surface area contributed by atoms with E-state index in [4.69, 9.17) is 30.8 Å². The van der Waals surface area contributed by atoms with Crippen LogP contribution in [0.4, 0.5) is 0 Å². The number of esters is 1. The van der Waals surface area contributed by atoms with E-state index >= 15 is 0 Å². The lowest BCUT2D eigenvalue weighted by molar-refractivity contribution is -0.138. The van der Waals surface area contributed by atoms with Crippen molar-refractivity contribution in [3.63, 3.8) is 0 Å². The van der Waals surface area contributed by atoms with E-state index in [1.54, 1.807) is 36.8 Å². The summed E-state index contributed by atoms with van der Waals surface area (Å²) in [7, 11) is 1.54. The Hall–Kier alpha value is -4.92. The van der Waals surface area contributed by atoms with E-state index in [9.17, 15) is 9.59 Å². The number of aromatic nitrogens is 1. The van der Waals surface area contributed by atoms with Crippen molar-refractivity contribution >= 4 is 40.7 Å². The molecular weight excluding hydrogens is 608 g/mol. The van der Waals surface area contributed by atoms with Crippen LogP contribution in [0.1, 0.15) is 35.2 Å². The Bertz CT molecular complexity index is 2060. The van der Waals surface area contributed by atoms with Gasteiger partial charge in [0, 0.05) is 5.56 Å². The van der Waals surface area contributed by atoms with Gasteiger partial charge in [0.1, 0.15) is 6.61 Å². The molecule has 1 aliphatic heterocycles. The zero-order valence-corrected chi connectivity index (χ0v) is 26.2. The number of hydrogen-bond donors (Lipinski definition) is 0. The number of ether oxygens (including phenoxy) is 3. The van der Waals surface area contributed by atoms with Gasteiger partial charge >= 0.3 is 5.97 Å². The molecule has 7 nitrogen and oxygen atoms in total. The molecule has 0 saturated heterocycles. The number of hydrogen-bond acceptors (Lipinski definition) is 7. The second-order valence-electron chi connectivity index (χ2n) is 10.2. The molecule has 6 rings (SSSR count). The van der Waals surface area contributed by atoms with Gasteiger partial charge in [-0.15, -0.1) is 0 Å². The van der Waals surface area contributed by atoms with Crippen LogP contribution in [-0.2, 0) is 16.1 Å². The molecule has 0 unspecified atom stereocenters. The molecule has 0 spiro atoms. The monoisotopic (exact) mass is 636 g/mol. The maximum absolute atomic E-state index is 14.2. The second kappa shape index (κ2) is 13.4. The van der Waals surface area contributed by atoms with Crippen LogP contribution in [-0.4, -0.2) is 24.3 Å². The lowest BCUT2D eigenvalue weighted by atomic mass is 9.93. The third-order valence-electron chi connectivity index (χ3n) is 7.26. The van der Waals surface area contributed by atoms with Crippen LogP contribution in [0.2, 0.25) is 5.02 Å². The van der Waals surface area contributed by atoms with Crippen molar-refractivity contribution in [2.75, 3.05) is 13.7 Å². The van der Waals surface area contributed by atoms with E-state index < -0.39 is 12.0 Å². The Kier molecular flexibility index (Phi) is 8.96. The van der Waals surface area contributed by atoms with Crippen molar-refractivity contribution < 1.29 is 19.0 Å². The Balaban J connectivity index is 1.49. The number of fused-ring (bicyclic) bond motifs is 1. The fraction of sp³-hybridized carbons (Fsp3) is 0.139. The Labute approximate surface area is 268 Å². The number of thiazole rings is 1. The van der Waals surface area contributed by atoms with Crippen molar-refractivity contribution in [2.24, 2.45) is 4.99 Å². The van der Waals surface area contributed by atoms with Gasteiger partial charge in [-0.05, 0) is 41.8 Å². The number of carbonyl (C=O) groups is 1. The minimum absolute atomic E-state index is 0.185. The topological polar surface area (TPSA) is 79.1 Å². The maximum Gasteiger partial charge on any atom is 0.338 e. The first-order chi connectivity index (χ1) is 22.0. The lowest BCUT2D eigenvalue weighted by Gasteiger charge is -2.25. The molecular formula is C36H29ClN2O5S. The number of nitrogens with zero attached hydrogens (tertiary/aromatic N) is 2. The van der Waals surface area contributed by atoms with Gasteiger partial charge in [0.15, 0.2) is 16.3 Å². The highest BCUT2D eigenvalue weighted by Gasteiger charge is 2.35. The number of benzene rings is 4. The van der Waals surface area contributed by atoms with Crippen LogP contribution in [0.15, 0.2) is 118 Å². The first kappa shape index (κ1) is 30.1. The molecule has 9 heteroatoms. The van der Waals surface area contributed by atoms with E-state index in [2.05, 4.69) is 0 Å². The highest BCUT2D eigenvalue weighted by atomic mass is 35.5. The van der Waals surface area contributed by atoms with Gasteiger partial charge in [-0.3, -0.25) is 9.36 Å². The standard InChI is InChI=1S/C36H29ClN2O5S/c1-3-43-35(41)30-31(25-15-9-5-10-16-25)38-36-39(32(30)26-17-11-6-12-18-26)34(40)29(45-36)21-24-19-27(37)33(28(20-24)42-2)44-22-23-13-7-4-8-14-23/h4-21,32H,3,22H2,1-2H3/b29-21-/t32-/m1/s1. The van der Waals surface area contributed by atoms with Crippen LogP contribution >= 0.6 is 22.9 Å². The minimum Gasteiger partial charge on any atom is -0.493 e. The zero-order valence-electron chi connectivity index (χ0n) is 24.6. The first-order valence-corrected chi connectivity index (χ1v) is 15.6. The summed E-state index contributed by atoms with van der Waals surface area (Å²) in [6.07, 6.45) is 1.75. The molecule has 226 valence electrons. The van der Waals surface area contributed by atoms with E-state index in [0.717, 1.165) is 16.7 Å². The van der Waals surface area contributed by atoms with E-state index in [0.29, 0.717) is 49.3 Å². The number of halogens is 1. The molecule has 0 saturated carbocycles. The second-order valence-corrected chi connectivity index (χ2v) is 11.6. The predicted octanol–water partition coefficient (Wildman–Crippen LogP) is 6.18. The summed E-state index contributed by atoms with van der Waals surface area (Å²) < 4.78 is 19.1. The highest BCUT2D eigenvalue weighted by Crippen LogP contribution is 2.38. The molecule has 0 radical (unpaired) electrons. The minimum atomic E-state index is -0.745. The van der Waals surface area contributed by atoms with Crippen LogP contribution < -0.4 is 24.4 Å². The van der Waals surface area contributed by atoms with Gasteiger partial charge in [0.25, 0.3) is 5.56 Å². The van der Waals surface area contributed by atoms with Crippen LogP contribution in [0.5, 0.6) is 11.5 Å². The Morgan fingerprint density at radius 3 is 2.31 bits per heavy atom. The Morgan fingerprint density at radius 1 is 0.978 bits per heavy atom. The average molecular weight is 637 g/mol.